The van der Waals surface area contributed by atoms with E-state index in [-0.39, 0.29) is 0 Å². The van der Waals surface area contributed by atoms with E-state index in [1.807, 2.05) is 41.6 Å². The lowest BCUT2D eigenvalue weighted by molar-refractivity contribution is 1.09. The molecule has 0 fully saturated rings. The fourth-order valence-electron chi connectivity index (χ4n) is 1.32. The molecule has 0 N–H and O–H groups in total. The van der Waals surface area contributed by atoms with Crippen LogP contribution in [-0.4, -0.2) is 6.21 Å². The predicted molar refractivity (Wildman–Crippen MR) is 60.4 cm³/mol. The zero-order chi connectivity index (χ0) is 9.80. The van der Waals surface area contributed by atoms with Crippen LogP contribution in [0.25, 0.3) is 0 Å². The summed E-state index contributed by atoms with van der Waals surface area (Å²) in [5, 5.41) is 6.12. The van der Waals surface area contributed by atoms with Gasteiger partial charge < -0.3 is 0 Å². The molecule has 0 saturated heterocycles. The van der Waals surface area contributed by atoms with Crippen molar-refractivity contribution in [2.45, 2.75) is 6.92 Å². The fraction of sp³-hybridized carbons (Fsp3) is 0.0833. The van der Waals surface area contributed by atoms with E-state index in [9.17, 15) is 0 Å². The van der Waals surface area contributed by atoms with Gasteiger partial charge in [-0.1, -0.05) is 18.2 Å². The lowest BCUT2D eigenvalue weighted by Gasteiger charge is -2.13. The zero-order valence-electron chi connectivity index (χ0n) is 8.09. The standard InChI is InChI=1S/C12H12N2/c1-11-6-5-7-12(10-11)14-9-4-2-3-8-13-14/h2-10H,1H3. The zero-order valence-corrected chi connectivity index (χ0v) is 8.09. The van der Waals surface area contributed by atoms with Crippen LogP contribution in [0.15, 0.2) is 53.8 Å². The van der Waals surface area contributed by atoms with Crippen molar-refractivity contribution in [2.24, 2.45) is 5.10 Å². The SMILES string of the molecule is Cc1cccc(N2C=CC=CC=N2)c1. The van der Waals surface area contributed by atoms with E-state index in [1.54, 1.807) is 6.21 Å². The second-order valence-corrected chi connectivity index (χ2v) is 3.17. The molecule has 1 aliphatic heterocycles. The van der Waals surface area contributed by atoms with Crippen LogP contribution in [0.2, 0.25) is 0 Å². The number of hydrogen-bond donors (Lipinski definition) is 0. The molecule has 2 heteroatoms. The lowest BCUT2D eigenvalue weighted by atomic mass is 10.2. The van der Waals surface area contributed by atoms with Crippen LogP contribution in [0.4, 0.5) is 5.69 Å². The topological polar surface area (TPSA) is 15.6 Å². The summed E-state index contributed by atoms with van der Waals surface area (Å²) in [6, 6.07) is 8.26. The van der Waals surface area contributed by atoms with Gasteiger partial charge >= 0.3 is 0 Å². The molecule has 0 saturated carbocycles. The molecule has 2 rings (SSSR count). The third-order valence-corrected chi connectivity index (χ3v) is 1.99. The molecular weight excluding hydrogens is 172 g/mol. The maximum atomic E-state index is 4.27. The smallest absolute Gasteiger partial charge is 0.0648 e. The Morgan fingerprint density at radius 1 is 1.14 bits per heavy atom. The highest BCUT2D eigenvalue weighted by molar-refractivity contribution is 5.74. The quantitative estimate of drug-likeness (QED) is 0.655. The normalized spacial score (nSPS) is 14.5. The van der Waals surface area contributed by atoms with Gasteiger partial charge in [-0.2, -0.15) is 5.10 Å². The van der Waals surface area contributed by atoms with Gasteiger partial charge in [-0.3, -0.25) is 0 Å². The van der Waals surface area contributed by atoms with Crippen LogP contribution >= 0.6 is 0 Å². The molecule has 0 atom stereocenters. The lowest BCUT2D eigenvalue weighted by Crippen LogP contribution is -2.06. The summed E-state index contributed by atoms with van der Waals surface area (Å²) in [5.74, 6) is 0. The number of nitrogens with zero attached hydrogens (tertiary/aromatic N) is 2. The van der Waals surface area contributed by atoms with E-state index >= 15 is 0 Å². The van der Waals surface area contributed by atoms with Crippen molar-refractivity contribution in [3.05, 3.63) is 54.3 Å². The van der Waals surface area contributed by atoms with E-state index in [2.05, 4.69) is 24.2 Å². The van der Waals surface area contributed by atoms with Gasteiger partial charge in [0.25, 0.3) is 0 Å². The van der Waals surface area contributed by atoms with Gasteiger partial charge in [0.2, 0.25) is 0 Å². The molecule has 70 valence electrons. The number of hydrazone groups is 1. The van der Waals surface area contributed by atoms with Crippen LogP contribution in [0.3, 0.4) is 0 Å². The molecule has 1 aromatic carbocycles. The van der Waals surface area contributed by atoms with Crippen molar-refractivity contribution in [1.29, 1.82) is 0 Å². The first-order chi connectivity index (χ1) is 6.86. The Morgan fingerprint density at radius 3 is 2.93 bits per heavy atom. The molecule has 1 aliphatic rings. The van der Waals surface area contributed by atoms with E-state index in [1.165, 1.54) is 5.56 Å². The molecule has 0 spiro atoms. The Labute approximate surface area is 83.9 Å². The minimum absolute atomic E-state index is 1.08. The second kappa shape index (κ2) is 3.92. The molecule has 0 radical (unpaired) electrons. The van der Waals surface area contributed by atoms with Gasteiger partial charge in [0, 0.05) is 12.4 Å². The molecule has 0 unspecified atom stereocenters. The number of allylic oxidation sites excluding steroid dienone is 3. The summed E-state index contributed by atoms with van der Waals surface area (Å²) in [4.78, 5) is 0. The number of aryl methyl sites for hydroxylation is 1. The van der Waals surface area contributed by atoms with Crippen molar-refractivity contribution in [1.82, 2.24) is 0 Å². The molecule has 0 bridgehead atoms. The molecule has 0 amide bonds. The number of benzene rings is 1. The van der Waals surface area contributed by atoms with Crippen molar-refractivity contribution in [2.75, 3.05) is 5.01 Å². The summed E-state index contributed by atoms with van der Waals surface area (Å²) in [7, 11) is 0. The van der Waals surface area contributed by atoms with Crippen LogP contribution in [0.5, 0.6) is 0 Å². The summed E-state index contributed by atoms with van der Waals surface area (Å²) in [6.45, 7) is 2.08. The van der Waals surface area contributed by atoms with Crippen molar-refractivity contribution in [3.8, 4) is 0 Å². The molecule has 0 aromatic heterocycles. The van der Waals surface area contributed by atoms with Crippen LogP contribution < -0.4 is 5.01 Å². The highest BCUT2D eigenvalue weighted by atomic mass is 15.4. The van der Waals surface area contributed by atoms with E-state index < -0.39 is 0 Å². The van der Waals surface area contributed by atoms with Crippen LogP contribution in [-0.2, 0) is 0 Å². The number of rotatable bonds is 1. The Bertz CT molecular complexity index is 387. The first-order valence-electron chi connectivity index (χ1n) is 4.59. The highest BCUT2D eigenvalue weighted by Gasteiger charge is 2.00. The van der Waals surface area contributed by atoms with E-state index in [0.717, 1.165) is 5.69 Å². The van der Waals surface area contributed by atoms with Crippen molar-refractivity contribution >= 4 is 11.9 Å². The molecular formula is C12H12N2. The van der Waals surface area contributed by atoms with Gasteiger partial charge in [-0.15, -0.1) is 0 Å². The molecule has 1 heterocycles. The molecule has 0 aliphatic carbocycles. The van der Waals surface area contributed by atoms with Gasteiger partial charge in [0.15, 0.2) is 0 Å². The Kier molecular flexibility index (Phi) is 2.45. The number of anilines is 1. The maximum absolute atomic E-state index is 4.27. The molecule has 1 aromatic rings. The monoisotopic (exact) mass is 184 g/mol. The van der Waals surface area contributed by atoms with Crippen LogP contribution in [0, 0.1) is 6.92 Å². The minimum Gasteiger partial charge on any atom is -0.241 e. The molecule has 2 nitrogen and oxygen atoms in total. The van der Waals surface area contributed by atoms with Crippen molar-refractivity contribution < 1.29 is 0 Å². The average molecular weight is 184 g/mol. The van der Waals surface area contributed by atoms with E-state index in [4.69, 9.17) is 0 Å². The Hall–Kier alpha value is -1.83. The number of hydrogen-bond acceptors (Lipinski definition) is 2. The first-order valence-corrected chi connectivity index (χ1v) is 4.59. The van der Waals surface area contributed by atoms with Crippen LogP contribution in [0.1, 0.15) is 5.56 Å². The summed E-state index contributed by atoms with van der Waals surface area (Å²) in [5.41, 5.74) is 2.32. The first kappa shape index (κ1) is 8.75. The highest BCUT2D eigenvalue weighted by Crippen LogP contribution is 2.17. The van der Waals surface area contributed by atoms with Gasteiger partial charge in [-0.25, -0.2) is 5.01 Å². The Balaban J connectivity index is 2.31. The third kappa shape index (κ3) is 1.91. The summed E-state index contributed by atoms with van der Waals surface area (Å²) < 4.78 is 0. The summed E-state index contributed by atoms with van der Waals surface area (Å²) >= 11 is 0. The minimum atomic E-state index is 1.08. The second-order valence-electron chi connectivity index (χ2n) is 3.17. The van der Waals surface area contributed by atoms with Gasteiger partial charge in [0.05, 0.1) is 5.69 Å². The van der Waals surface area contributed by atoms with Crippen molar-refractivity contribution in [3.63, 3.8) is 0 Å². The predicted octanol–water partition coefficient (Wildman–Crippen LogP) is 2.87. The third-order valence-electron chi connectivity index (χ3n) is 1.99. The molecule has 14 heavy (non-hydrogen) atoms. The largest absolute Gasteiger partial charge is 0.241 e. The average Bonchev–Trinajstić information content (AvgIpc) is 2.45. The fourth-order valence-corrected chi connectivity index (χ4v) is 1.32. The Morgan fingerprint density at radius 2 is 2.07 bits per heavy atom. The van der Waals surface area contributed by atoms with Gasteiger partial charge in [0.1, 0.15) is 0 Å². The maximum Gasteiger partial charge on any atom is 0.0648 e. The van der Waals surface area contributed by atoms with E-state index in [0.29, 0.717) is 0 Å². The summed E-state index contributed by atoms with van der Waals surface area (Å²) in [6.07, 6.45) is 9.55. The van der Waals surface area contributed by atoms with Gasteiger partial charge in [-0.05, 0) is 36.8 Å².